The van der Waals surface area contributed by atoms with Crippen LogP contribution >= 0.6 is 0 Å². The molecule has 0 atom stereocenters. The number of hydrogen-bond acceptors (Lipinski definition) is 4. The maximum Gasteiger partial charge on any atom is 0.573 e. The van der Waals surface area contributed by atoms with Crippen molar-refractivity contribution in [3.8, 4) is 11.5 Å². The van der Waals surface area contributed by atoms with E-state index in [0.717, 1.165) is 24.1 Å². The normalized spacial score (nSPS) is 11.0. The van der Waals surface area contributed by atoms with Crippen molar-refractivity contribution in [1.82, 2.24) is 5.32 Å². The molecule has 2 N–H and O–H groups in total. The predicted octanol–water partition coefficient (Wildman–Crippen LogP) is 4.54. The first-order valence-electron chi connectivity index (χ1n) is 9.31. The van der Waals surface area contributed by atoms with Crippen LogP contribution in [0.2, 0.25) is 0 Å². The van der Waals surface area contributed by atoms with Gasteiger partial charge in [0.1, 0.15) is 11.5 Å². The Labute approximate surface area is 171 Å². The first-order valence-corrected chi connectivity index (χ1v) is 9.31. The van der Waals surface area contributed by atoms with Crippen LogP contribution in [0.15, 0.2) is 48.5 Å². The third-order valence-corrected chi connectivity index (χ3v) is 4.05. The van der Waals surface area contributed by atoms with Crippen molar-refractivity contribution < 1.29 is 37.3 Å². The Balaban J connectivity index is 1.84. The van der Waals surface area contributed by atoms with Crippen LogP contribution in [-0.4, -0.2) is 30.0 Å². The van der Waals surface area contributed by atoms with E-state index in [1.54, 1.807) is 24.3 Å². The van der Waals surface area contributed by atoms with Crippen LogP contribution in [-0.2, 0) is 11.3 Å². The third kappa shape index (κ3) is 8.42. The van der Waals surface area contributed by atoms with Gasteiger partial charge in [-0.15, -0.1) is 13.2 Å². The number of halogens is 3. The van der Waals surface area contributed by atoms with Gasteiger partial charge in [-0.3, -0.25) is 9.59 Å². The average molecular weight is 425 g/mol. The van der Waals surface area contributed by atoms with E-state index in [9.17, 15) is 22.8 Å². The van der Waals surface area contributed by atoms with Crippen LogP contribution in [0.4, 0.5) is 13.2 Å². The largest absolute Gasteiger partial charge is 0.573 e. The third-order valence-electron chi connectivity index (χ3n) is 4.05. The van der Waals surface area contributed by atoms with E-state index in [-0.39, 0.29) is 18.5 Å². The Hall–Kier alpha value is -3.23. The van der Waals surface area contributed by atoms with Gasteiger partial charge in [-0.1, -0.05) is 18.2 Å². The van der Waals surface area contributed by atoms with Crippen molar-refractivity contribution in [3.63, 3.8) is 0 Å². The van der Waals surface area contributed by atoms with E-state index in [4.69, 9.17) is 9.84 Å². The number of ether oxygens (including phenoxy) is 2. The fourth-order valence-corrected chi connectivity index (χ4v) is 2.61. The zero-order chi connectivity index (χ0) is 22.0. The number of carboxylic acid groups (broad SMARTS) is 1. The Bertz CT molecular complexity index is 837. The van der Waals surface area contributed by atoms with Crippen LogP contribution in [0.5, 0.6) is 11.5 Å². The smallest absolute Gasteiger partial charge is 0.493 e. The number of carboxylic acids is 1. The van der Waals surface area contributed by atoms with Gasteiger partial charge in [-0.25, -0.2) is 0 Å². The molecule has 9 heteroatoms. The summed E-state index contributed by atoms with van der Waals surface area (Å²) in [7, 11) is 0. The molecule has 2 rings (SSSR count). The van der Waals surface area contributed by atoms with Gasteiger partial charge >= 0.3 is 12.3 Å². The second-order valence-electron chi connectivity index (χ2n) is 6.42. The summed E-state index contributed by atoms with van der Waals surface area (Å²) in [5.41, 5.74) is 0.940. The Morgan fingerprint density at radius 2 is 1.67 bits per heavy atom. The summed E-state index contributed by atoms with van der Waals surface area (Å²) >= 11 is 0. The maximum atomic E-state index is 12.3. The molecule has 0 spiro atoms. The van der Waals surface area contributed by atoms with Gasteiger partial charge in [-0.2, -0.15) is 0 Å². The van der Waals surface area contributed by atoms with Gasteiger partial charge in [0, 0.05) is 24.1 Å². The molecule has 6 nitrogen and oxygen atoms in total. The lowest BCUT2D eigenvalue weighted by atomic mass is 10.1. The van der Waals surface area contributed by atoms with Crippen molar-refractivity contribution >= 4 is 11.9 Å². The number of unbranched alkanes of at least 4 members (excludes halogenated alkanes) is 2. The number of aliphatic carboxylic acids is 1. The molecule has 0 aliphatic carbocycles. The topological polar surface area (TPSA) is 84.9 Å². The minimum atomic E-state index is -4.79. The molecule has 0 aliphatic heterocycles. The van der Waals surface area contributed by atoms with E-state index in [1.807, 2.05) is 0 Å². The highest BCUT2D eigenvalue weighted by Gasteiger charge is 2.31. The number of hydrogen-bond donors (Lipinski definition) is 2. The van der Waals surface area contributed by atoms with Crippen molar-refractivity contribution in [2.24, 2.45) is 0 Å². The predicted molar refractivity (Wildman–Crippen MR) is 102 cm³/mol. The molecule has 1 amide bonds. The molecule has 0 aliphatic rings. The van der Waals surface area contributed by atoms with Crippen molar-refractivity contribution in [1.29, 1.82) is 0 Å². The summed E-state index contributed by atoms with van der Waals surface area (Å²) in [6.45, 7) is 0.597. The molecule has 162 valence electrons. The van der Waals surface area contributed by atoms with Crippen LogP contribution in [0.3, 0.4) is 0 Å². The number of amides is 1. The van der Waals surface area contributed by atoms with E-state index in [1.165, 1.54) is 12.1 Å². The highest BCUT2D eigenvalue weighted by atomic mass is 19.4. The lowest BCUT2D eigenvalue weighted by molar-refractivity contribution is -0.274. The molecule has 0 bridgehead atoms. The quantitative estimate of drug-likeness (QED) is 0.517. The molecule has 2 aromatic carbocycles. The highest BCUT2D eigenvalue weighted by Crippen LogP contribution is 2.23. The summed E-state index contributed by atoms with van der Waals surface area (Å²) in [5.74, 6) is -1.07. The van der Waals surface area contributed by atoms with Gasteiger partial charge in [-0.05, 0) is 49.6 Å². The van der Waals surface area contributed by atoms with Gasteiger partial charge in [0.2, 0.25) is 0 Å². The highest BCUT2D eigenvalue weighted by molar-refractivity contribution is 5.94. The molecule has 0 heterocycles. The number of alkyl halides is 3. The van der Waals surface area contributed by atoms with Gasteiger partial charge in [0.25, 0.3) is 5.91 Å². The number of rotatable bonds is 11. The molecule has 2 aromatic rings. The first kappa shape index (κ1) is 23.1. The average Bonchev–Trinajstić information content (AvgIpc) is 2.68. The van der Waals surface area contributed by atoms with E-state index in [2.05, 4.69) is 10.1 Å². The second-order valence-corrected chi connectivity index (χ2v) is 6.42. The van der Waals surface area contributed by atoms with Crippen LogP contribution in [0.1, 0.15) is 41.6 Å². The molecule has 0 radical (unpaired) electrons. The van der Waals surface area contributed by atoms with Crippen LogP contribution in [0, 0.1) is 0 Å². The standard InChI is InChI=1S/C21H22F3NO5/c22-21(23,24)30-17-11-9-15(10-12-17)20(28)25-14-16-6-3-4-7-18(16)29-13-5-1-2-8-19(26)27/h3-4,6-7,9-12H,1-2,5,8,13-14H2,(H,25,28)(H,26,27). The van der Waals surface area contributed by atoms with Crippen molar-refractivity contribution in [2.75, 3.05) is 6.61 Å². The van der Waals surface area contributed by atoms with E-state index >= 15 is 0 Å². The van der Waals surface area contributed by atoms with E-state index < -0.39 is 24.0 Å². The minimum absolute atomic E-state index is 0.131. The maximum absolute atomic E-state index is 12.3. The van der Waals surface area contributed by atoms with Gasteiger partial charge in [0.15, 0.2) is 0 Å². The monoisotopic (exact) mass is 425 g/mol. The summed E-state index contributed by atoms with van der Waals surface area (Å²) in [6.07, 6.45) is -2.63. The van der Waals surface area contributed by atoms with E-state index in [0.29, 0.717) is 25.2 Å². The van der Waals surface area contributed by atoms with Crippen molar-refractivity contribution in [3.05, 3.63) is 59.7 Å². The number of para-hydroxylation sites is 1. The molecule has 0 saturated carbocycles. The fourth-order valence-electron chi connectivity index (χ4n) is 2.61. The molecule has 0 saturated heterocycles. The zero-order valence-electron chi connectivity index (χ0n) is 16.1. The summed E-state index contributed by atoms with van der Waals surface area (Å²) in [5, 5.41) is 11.3. The molecular weight excluding hydrogens is 403 g/mol. The first-order chi connectivity index (χ1) is 14.2. The lowest BCUT2D eigenvalue weighted by Crippen LogP contribution is -2.23. The number of benzene rings is 2. The summed E-state index contributed by atoms with van der Waals surface area (Å²) in [6, 6.07) is 11.8. The van der Waals surface area contributed by atoms with Gasteiger partial charge < -0.3 is 19.9 Å². The molecule has 30 heavy (non-hydrogen) atoms. The van der Waals surface area contributed by atoms with Gasteiger partial charge in [0.05, 0.1) is 6.61 Å². The zero-order valence-corrected chi connectivity index (χ0v) is 16.1. The number of carbonyl (C=O) groups is 2. The molecule has 0 fully saturated rings. The summed E-state index contributed by atoms with van der Waals surface area (Å²) in [4.78, 5) is 22.7. The Morgan fingerprint density at radius 1 is 0.967 bits per heavy atom. The SMILES string of the molecule is O=C(O)CCCCCOc1ccccc1CNC(=O)c1ccc(OC(F)(F)F)cc1. The molecule has 0 aromatic heterocycles. The fraction of sp³-hybridized carbons (Fsp3) is 0.333. The van der Waals surface area contributed by atoms with Crippen LogP contribution in [0.25, 0.3) is 0 Å². The Morgan fingerprint density at radius 3 is 2.33 bits per heavy atom. The van der Waals surface area contributed by atoms with Crippen LogP contribution < -0.4 is 14.8 Å². The molecule has 0 unspecified atom stereocenters. The van der Waals surface area contributed by atoms with Crippen molar-refractivity contribution in [2.45, 2.75) is 38.6 Å². The number of nitrogens with one attached hydrogen (secondary N) is 1. The number of carbonyl (C=O) groups excluding carboxylic acids is 1. The summed E-state index contributed by atoms with van der Waals surface area (Å²) < 4.78 is 46.1. The second kappa shape index (κ2) is 11.1. The Kier molecular flexibility index (Phi) is 8.52. The lowest BCUT2D eigenvalue weighted by Gasteiger charge is -2.13. The minimum Gasteiger partial charge on any atom is -0.493 e. The molecular formula is C21H22F3NO5.